The Bertz CT molecular complexity index is 941. The van der Waals surface area contributed by atoms with Gasteiger partial charge in [-0.25, -0.2) is 4.98 Å². The van der Waals surface area contributed by atoms with Crippen molar-refractivity contribution < 1.29 is 18.0 Å². The van der Waals surface area contributed by atoms with Crippen LogP contribution in [0.4, 0.5) is 18.9 Å². The highest BCUT2D eigenvalue weighted by Gasteiger charge is 2.33. The number of carbonyl (C=O) groups is 1. The summed E-state index contributed by atoms with van der Waals surface area (Å²) in [7, 11) is 1.74. The van der Waals surface area contributed by atoms with Gasteiger partial charge in [0.15, 0.2) is 0 Å². The largest absolute Gasteiger partial charge is 0.417 e. The minimum Gasteiger partial charge on any atom is -0.325 e. The van der Waals surface area contributed by atoms with Gasteiger partial charge in [-0.05, 0) is 37.4 Å². The van der Waals surface area contributed by atoms with Crippen molar-refractivity contribution in [3.63, 3.8) is 0 Å². The van der Waals surface area contributed by atoms with Gasteiger partial charge in [-0.15, -0.1) is 11.3 Å². The van der Waals surface area contributed by atoms with E-state index in [0.29, 0.717) is 6.54 Å². The van der Waals surface area contributed by atoms with Crippen molar-refractivity contribution in [2.24, 2.45) is 0 Å². The molecule has 1 aromatic heterocycles. The Balaban J connectivity index is 1.61. The van der Waals surface area contributed by atoms with Crippen LogP contribution in [0.25, 0.3) is 10.2 Å². The molecule has 3 rings (SSSR count). The summed E-state index contributed by atoms with van der Waals surface area (Å²) in [6.45, 7) is 0.473. The van der Waals surface area contributed by atoms with E-state index >= 15 is 0 Å². The monoisotopic (exact) mass is 413 g/mol. The van der Waals surface area contributed by atoms with Crippen LogP contribution in [0.5, 0.6) is 0 Å². The maximum absolute atomic E-state index is 12.9. The topological polar surface area (TPSA) is 45.2 Å². The van der Waals surface area contributed by atoms with Crippen LogP contribution in [0.3, 0.4) is 0 Å². The first kappa shape index (κ1) is 19.6. The van der Waals surface area contributed by atoms with Gasteiger partial charge in [0.25, 0.3) is 0 Å². The second-order valence-corrected chi connectivity index (χ2v) is 7.51. The molecule has 1 N–H and O–H groups in total. The zero-order valence-corrected chi connectivity index (χ0v) is 15.8. The van der Waals surface area contributed by atoms with E-state index in [2.05, 4.69) is 10.3 Å². The van der Waals surface area contributed by atoms with E-state index in [9.17, 15) is 18.0 Å². The Morgan fingerprint density at radius 1 is 1.26 bits per heavy atom. The molecule has 3 aromatic rings. The van der Waals surface area contributed by atoms with E-state index in [1.165, 1.54) is 17.4 Å². The molecular weight excluding hydrogens is 399 g/mol. The Labute approximate surface area is 162 Å². The number of para-hydroxylation sites is 1. The van der Waals surface area contributed by atoms with Crippen LogP contribution < -0.4 is 5.32 Å². The smallest absolute Gasteiger partial charge is 0.325 e. The zero-order valence-electron chi connectivity index (χ0n) is 14.2. The number of anilines is 1. The van der Waals surface area contributed by atoms with Crippen molar-refractivity contribution in [3.8, 4) is 0 Å². The fourth-order valence-electron chi connectivity index (χ4n) is 2.54. The summed E-state index contributed by atoms with van der Waals surface area (Å²) in [4.78, 5) is 18.4. The van der Waals surface area contributed by atoms with E-state index in [-0.39, 0.29) is 12.2 Å². The number of nitrogens with zero attached hydrogens (tertiary/aromatic N) is 2. The quantitative estimate of drug-likeness (QED) is 0.637. The van der Waals surface area contributed by atoms with Crippen LogP contribution >= 0.6 is 22.9 Å². The van der Waals surface area contributed by atoms with E-state index in [4.69, 9.17) is 11.6 Å². The van der Waals surface area contributed by atoms with Gasteiger partial charge in [-0.1, -0.05) is 23.7 Å². The van der Waals surface area contributed by atoms with Gasteiger partial charge in [0.2, 0.25) is 5.91 Å². The number of hydrogen-bond acceptors (Lipinski definition) is 4. The zero-order chi connectivity index (χ0) is 19.6. The number of rotatable bonds is 5. The number of likely N-dealkylation sites (N-methyl/N-ethyl adjacent to an activating group) is 1. The molecule has 2 aromatic carbocycles. The molecule has 0 aliphatic carbocycles. The van der Waals surface area contributed by atoms with Gasteiger partial charge in [0, 0.05) is 5.69 Å². The number of nitrogens with one attached hydrogen (secondary N) is 1. The number of fused-ring (bicyclic) bond motifs is 1. The third-order valence-electron chi connectivity index (χ3n) is 3.71. The molecule has 4 nitrogen and oxygen atoms in total. The predicted octanol–water partition coefficient (Wildman–Crippen LogP) is 5.04. The molecule has 1 amide bonds. The summed E-state index contributed by atoms with van der Waals surface area (Å²) in [5.74, 6) is -0.422. The fraction of sp³-hybridized carbons (Fsp3) is 0.222. The van der Waals surface area contributed by atoms with Crippen molar-refractivity contribution in [2.75, 3.05) is 18.9 Å². The van der Waals surface area contributed by atoms with Crippen molar-refractivity contribution in [1.82, 2.24) is 9.88 Å². The van der Waals surface area contributed by atoms with E-state index < -0.39 is 22.7 Å². The molecule has 0 unspecified atom stereocenters. The minimum absolute atomic E-state index is 0.0138. The third-order valence-corrected chi connectivity index (χ3v) is 5.06. The molecule has 0 saturated heterocycles. The maximum atomic E-state index is 12.9. The highest BCUT2D eigenvalue weighted by Crippen LogP contribution is 2.36. The second kappa shape index (κ2) is 7.84. The summed E-state index contributed by atoms with van der Waals surface area (Å²) in [6, 6.07) is 11.0. The number of halogens is 4. The van der Waals surface area contributed by atoms with Crippen molar-refractivity contribution in [2.45, 2.75) is 12.7 Å². The van der Waals surface area contributed by atoms with Crippen LogP contribution in [0, 0.1) is 0 Å². The van der Waals surface area contributed by atoms with Gasteiger partial charge < -0.3 is 5.32 Å². The number of thiazole rings is 1. The first-order valence-corrected chi connectivity index (χ1v) is 9.11. The maximum Gasteiger partial charge on any atom is 0.417 e. The minimum atomic E-state index is -4.58. The molecule has 0 spiro atoms. The molecule has 0 fully saturated rings. The molecule has 0 saturated carbocycles. The third kappa shape index (κ3) is 4.97. The SMILES string of the molecule is CN(CC(=O)Nc1ccc(Cl)c(C(F)(F)F)c1)Cc1nc2ccccc2s1. The standard InChI is InChI=1S/C18H15ClF3N3OS/c1-25(10-17-24-14-4-2-3-5-15(14)27-17)9-16(26)23-11-6-7-13(19)12(8-11)18(20,21)22/h2-8H,9-10H2,1H3,(H,23,26). The van der Waals surface area contributed by atoms with Crippen LogP contribution in [0.2, 0.25) is 5.02 Å². The Morgan fingerprint density at radius 3 is 2.70 bits per heavy atom. The van der Waals surface area contributed by atoms with Crippen molar-refractivity contribution in [1.29, 1.82) is 0 Å². The van der Waals surface area contributed by atoms with E-state index in [0.717, 1.165) is 27.4 Å². The van der Waals surface area contributed by atoms with E-state index in [1.54, 1.807) is 11.9 Å². The second-order valence-electron chi connectivity index (χ2n) is 5.99. The van der Waals surface area contributed by atoms with Gasteiger partial charge in [0.1, 0.15) is 5.01 Å². The summed E-state index contributed by atoms with van der Waals surface area (Å²) in [6.07, 6.45) is -4.58. The van der Waals surface area contributed by atoms with E-state index in [1.807, 2.05) is 24.3 Å². The first-order chi connectivity index (χ1) is 12.7. The molecule has 142 valence electrons. The molecule has 1 heterocycles. The summed E-state index contributed by atoms with van der Waals surface area (Å²) in [5.41, 5.74) is -0.0360. The van der Waals surface area contributed by atoms with Crippen LogP contribution in [0.1, 0.15) is 10.6 Å². The lowest BCUT2D eigenvalue weighted by Gasteiger charge is -2.16. The lowest BCUT2D eigenvalue weighted by Crippen LogP contribution is -2.29. The summed E-state index contributed by atoms with van der Waals surface area (Å²) in [5, 5.41) is 2.92. The van der Waals surface area contributed by atoms with Gasteiger partial charge in [-0.3, -0.25) is 9.69 Å². The molecular formula is C18H15ClF3N3OS. The van der Waals surface area contributed by atoms with Crippen LogP contribution in [-0.2, 0) is 17.5 Å². The first-order valence-electron chi connectivity index (χ1n) is 7.92. The van der Waals surface area contributed by atoms with Gasteiger partial charge in [0.05, 0.1) is 33.9 Å². The number of hydrogen-bond donors (Lipinski definition) is 1. The lowest BCUT2D eigenvalue weighted by molar-refractivity contribution is -0.137. The highest BCUT2D eigenvalue weighted by atomic mass is 35.5. The van der Waals surface area contributed by atoms with Gasteiger partial charge in [-0.2, -0.15) is 13.2 Å². The average Bonchev–Trinajstić information content (AvgIpc) is 2.97. The predicted molar refractivity (Wildman–Crippen MR) is 101 cm³/mol. The van der Waals surface area contributed by atoms with Crippen LogP contribution in [-0.4, -0.2) is 29.4 Å². The molecule has 0 radical (unpaired) electrons. The van der Waals surface area contributed by atoms with Crippen LogP contribution in [0.15, 0.2) is 42.5 Å². The summed E-state index contributed by atoms with van der Waals surface area (Å²) < 4.78 is 39.7. The number of benzene rings is 2. The highest BCUT2D eigenvalue weighted by molar-refractivity contribution is 7.18. The molecule has 0 aliphatic rings. The lowest BCUT2D eigenvalue weighted by atomic mass is 10.2. The molecule has 27 heavy (non-hydrogen) atoms. The number of aromatic nitrogens is 1. The summed E-state index contributed by atoms with van der Waals surface area (Å²) >= 11 is 7.12. The Kier molecular flexibility index (Phi) is 5.69. The fourth-order valence-corrected chi connectivity index (χ4v) is 3.81. The molecule has 0 aliphatic heterocycles. The molecule has 9 heteroatoms. The van der Waals surface area contributed by atoms with Crippen molar-refractivity contribution in [3.05, 3.63) is 58.1 Å². The number of amides is 1. The molecule has 0 atom stereocenters. The van der Waals surface area contributed by atoms with Crippen molar-refractivity contribution >= 4 is 44.7 Å². The molecule has 0 bridgehead atoms. The van der Waals surface area contributed by atoms with Gasteiger partial charge >= 0.3 is 6.18 Å². The Morgan fingerprint density at radius 2 is 2.00 bits per heavy atom. The normalized spacial score (nSPS) is 11.9. The average molecular weight is 414 g/mol. The number of carbonyl (C=O) groups excluding carboxylic acids is 1. The number of alkyl halides is 3. The Hall–Kier alpha value is -2.16.